The smallest absolute Gasteiger partial charge is 0.367 e. The van der Waals surface area contributed by atoms with Crippen molar-refractivity contribution < 1.29 is 13.2 Å². The Morgan fingerprint density at radius 3 is 2.88 bits per heavy atom. The van der Waals surface area contributed by atoms with E-state index < -0.39 is 12.7 Å². The van der Waals surface area contributed by atoms with E-state index in [1.807, 2.05) is 6.07 Å². The summed E-state index contributed by atoms with van der Waals surface area (Å²) in [5.74, 6) is 1.63. The van der Waals surface area contributed by atoms with E-state index in [0.717, 1.165) is 10.1 Å². The third-order valence-corrected chi connectivity index (χ3v) is 4.34. The molecule has 26 heavy (non-hydrogen) atoms. The van der Waals surface area contributed by atoms with Crippen LogP contribution in [0.15, 0.2) is 24.7 Å². The normalized spacial score (nSPS) is 16.0. The van der Waals surface area contributed by atoms with Gasteiger partial charge in [0.25, 0.3) is 0 Å². The summed E-state index contributed by atoms with van der Waals surface area (Å²) in [6, 6.07) is 2.19. The topological polar surface area (TPSA) is 83.4 Å². The first-order chi connectivity index (χ1) is 12.4. The van der Waals surface area contributed by atoms with Gasteiger partial charge in [0.2, 0.25) is 5.95 Å². The lowest BCUT2D eigenvalue weighted by Crippen LogP contribution is -2.18. The highest BCUT2D eigenvalue weighted by atomic mass is 19.4. The zero-order chi connectivity index (χ0) is 18.3. The van der Waals surface area contributed by atoms with E-state index in [1.54, 1.807) is 6.20 Å². The number of nitrogens with one attached hydrogen (secondary N) is 3. The molecule has 1 aliphatic carbocycles. The fourth-order valence-corrected chi connectivity index (χ4v) is 2.86. The SMILES string of the molecule is C[C@H](Nc1nc(Nc2cnn(CC(F)(F)F)c2)nc2[nH]ccc12)C1CC1. The quantitative estimate of drug-likeness (QED) is 0.621. The number of anilines is 3. The summed E-state index contributed by atoms with van der Waals surface area (Å²) in [5, 5.41) is 10.9. The number of aromatic amines is 1. The Kier molecular flexibility index (Phi) is 3.97. The standard InChI is InChI=1S/C16H18F3N7/c1-9(10-2-3-10)22-14-12-4-5-20-13(12)24-15(25-14)23-11-6-21-26(7-11)8-16(17,18)19/h4-7,9-10H,2-3,8H2,1H3,(H3,20,22,23,24,25)/t9-/m0/s1. The van der Waals surface area contributed by atoms with Gasteiger partial charge in [-0.3, -0.25) is 4.68 Å². The predicted molar refractivity (Wildman–Crippen MR) is 91.3 cm³/mol. The third kappa shape index (κ3) is 3.73. The highest BCUT2D eigenvalue weighted by Gasteiger charge is 2.29. The molecule has 3 aromatic rings. The van der Waals surface area contributed by atoms with E-state index in [1.165, 1.54) is 25.2 Å². The largest absolute Gasteiger partial charge is 0.408 e. The molecule has 7 nitrogen and oxygen atoms in total. The van der Waals surface area contributed by atoms with Crippen molar-refractivity contribution in [2.75, 3.05) is 10.6 Å². The number of H-pyrrole nitrogens is 1. The summed E-state index contributed by atoms with van der Waals surface area (Å²) >= 11 is 0. The van der Waals surface area contributed by atoms with Crippen LogP contribution in [-0.4, -0.2) is 37.0 Å². The van der Waals surface area contributed by atoms with Crippen LogP contribution in [-0.2, 0) is 6.54 Å². The molecular weight excluding hydrogens is 347 g/mol. The van der Waals surface area contributed by atoms with Gasteiger partial charge in [-0.15, -0.1) is 0 Å². The maximum atomic E-state index is 12.4. The summed E-state index contributed by atoms with van der Waals surface area (Å²) in [6.45, 7) is 0.976. The molecular formula is C16H18F3N7. The van der Waals surface area contributed by atoms with Crippen LogP contribution in [0.4, 0.5) is 30.6 Å². The molecule has 0 aromatic carbocycles. The Hall–Kier alpha value is -2.78. The highest BCUT2D eigenvalue weighted by molar-refractivity contribution is 5.88. The minimum atomic E-state index is -4.32. The van der Waals surface area contributed by atoms with E-state index in [0.29, 0.717) is 29.1 Å². The lowest BCUT2D eigenvalue weighted by molar-refractivity contribution is -0.142. The summed E-state index contributed by atoms with van der Waals surface area (Å²) in [4.78, 5) is 11.9. The van der Waals surface area contributed by atoms with Gasteiger partial charge in [0.1, 0.15) is 18.0 Å². The molecule has 0 radical (unpaired) electrons. The zero-order valence-corrected chi connectivity index (χ0v) is 14.0. The van der Waals surface area contributed by atoms with E-state index in [-0.39, 0.29) is 5.95 Å². The van der Waals surface area contributed by atoms with E-state index >= 15 is 0 Å². The molecule has 138 valence electrons. The van der Waals surface area contributed by atoms with Gasteiger partial charge in [-0.05, 0) is 31.7 Å². The molecule has 1 atom stereocenters. The van der Waals surface area contributed by atoms with Crippen LogP contribution >= 0.6 is 0 Å². The number of aromatic nitrogens is 5. The molecule has 0 spiro atoms. The van der Waals surface area contributed by atoms with Crippen molar-refractivity contribution in [1.29, 1.82) is 0 Å². The van der Waals surface area contributed by atoms with Gasteiger partial charge in [0.05, 0.1) is 17.3 Å². The average Bonchev–Trinajstić information content (AvgIpc) is 3.15. The van der Waals surface area contributed by atoms with Crippen molar-refractivity contribution in [3.05, 3.63) is 24.7 Å². The lowest BCUT2D eigenvalue weighted by atomic mass is 10.2. The van der Waals surface area contributed by atoms with Gasteiger partial charge in [-0.1, -0.05) is 0 Å². The first kappa shape index (κ1) is 16.7. The Bertz CT molecular complexity index is 910. The molecule has 4 rings (SSSR count). The number of fused-ring (bicyclic) bond motifs is 1. The minimum Gasteiger partial charge on any atom is -0.367 e. The van der Waals surface area contributed by atoms with Crippen LogP contribution in [0.25, 0.3) is 11.0 Å². The molecule has 10 heteroatoms. The Labute approximate surface area is 147 Å². The van der Waals surface area contributed by atoms with E-state index in [9.17, 15) is 13.2 Å². The molecule has 0 unspecified atom stereocenters. The second-order valence-corrected chi connectivity index (χ2v) is 6.57. The van der Waals surface area contributed by atoms with Crippen LogP contribution in [0.5, 0.6) is 0 Å². The van der Waals surface area contributed by atoms with Crippen molar-refractivity contribution in [3.8, 4) is 0 Å². The number of rotatable bonds is 6. The summed E-state index contributed by atoms with van der Waals surface area (Å²) in [6.07, 6.45) is 2.46. The molecule has 0 bridgehead atoms. The van der Waals surface area contributed by atoms with Crippen molar-refractivity contribution in [3.63, 3.8) is 0 Å². The number of hydrogen-bond donors (Lipinski definition) is 3. The number of nitrogens with zero attached hydrogens (tertiary/aromatic N) is 4. The summed E-state index contributed by atoms with van der Waals surface area (Å²) < 4.78 is 38.2. The molecule has 3 heterocycles. The molecule has 3 aromatic heterocycles. The first-order valence-electron chi connectivity index (χ1n) is 8.35. The second kappa shape index (κ2) is 6.19. The zero-order valence-electron chi connectivity index (χ0n) is 14.0. The predicted octanol–water partition coefficient (Wildman–Crippen LogP) is 3.67. The lowest BCUT2D eigenvalue weighted by Gasteiger charge is -2.15. The van der Waals surface area contributed by atoms with Gasteiger partial charge < -0.3 is 15.6 Å². The number of halogens is 3. The van der Waals surface area contributed by atoms with Crippen LogP contribution in [0, 0.1) is 5.92 Å². The molecule has 1 saturated carbocycles. The molecule has 0 aliphatic heterocycles. The summed E-state index contributed by atoms with van der Waals surface area (Å²) in [7, 11) is 0. The summed E-state index contributed by atoms with van der Waals surface area (Å²) in [5.41, 5.74) is 1.04. The second-order valence-electron chi connectivity index (χ2n) is 6.57. The van der Waals surface area contributed by atoms with Crippen LogP contribution in [0.3, 0.4) is 0 Å². The van der Waals surface area contributed by atoms with Crippen LogP contribution in [0.1, 0.15) is 19.8 Å². The van der Waals surface area contributed by atoms with Gasteiger partial charge in [0.15, 0.2) is 0 Å². The monoisotopic (exact) mass is 365 g/mol. The van der Waals surface area contributed by atoms with Crippen LogP contribution in [0.2, 0.25) is 0 Å². The Morgan fingerprint density at radius 2 is 2.15 bits per heavy atom. The fraction of sp³-hybridized carbons (Fsp3) is 0.438. The van der Waals surface area contributed by atoms with Gasteiger partial charge in [0, 0.05) is 18.4 Å². The van der Waals surface area contributed by atoms with Crippen molar-refractivity contribution in [1.82, 2.24) is 24.7 Å². The van der Waals surface area contributed by atoms with E-state index in [4.69, 9.17) is 0 Å². The minimum absolute atomic E-state index is 0.289. The fourth-order valence-electron chi connectivity index (χ4n) is 2.86. The van der Waals surface area contributed by atoms with Gasteiger partial charge in [-0.25, -0.2) is 0 Å². The Morgan fingerprint density at radius 1 is 1.35 bits per heavy atom. The molecule has 3 N–H and O–H groups in total. The first-order valence-corrected chi connectivity index (χ1v) is 8.35. The van der Waals surface area contributed by atoms with E-state index in [2.05, 4.69) is 37.6 Å². The molecule has 0 saturated heterocycles. The highest BCUT2D eigenvalue weighted by Crippen LogP contribution is 2.35. The van der Waals surface area contributed by atoms with Gasteiger partial charge >= 0.3 is 6.18 Å². The maximum absolute atomic E-state index is 12.4. The third-order valence-electron chi connectivity index (χ3n) is 4.34. The maximum Gasteiger partial charge on any atom is 0.408 e. The van der Waals surface area contributed by atoms with Gasteiger partial charge in [-0.2, -0.15) is 28.2 Å². The molecule has 1 aliphatic rings. The number of alkyl halides is 3. The Balaban J connectivity index is 1.56. The van der Waals surface area contributed by atoms with Crippen molar-refractivity contribution >= 4 is 28.5 Å². The van der Waals surface area contributed by atoms with Crippen molar-refractivity contribution in [2.24, 2.45) is 5.92 Å². The van der Waals surface area contributed by atoms with Crippen molar-refractivity contribution in [2.45, 2.75) is 38.5 Å². The number of hydrogen-bond acceptors (Lipinski definition) is 5. The van der Waals surface area contributed by atoms with Crippen LogP contribution < -0.4 is 10.6 Å². The molecule has 0 amide bonds. The average molecular weight is 365 g/mol. The molecule has 1 fully saturated rings.